The minimum Gasteiger partial charge on any atom is -0.454 e. The van der Waals surface area contributed by atoms with E-state index < -0.39 is 4.92 Å². The van der Waals surface area contributed by atoms with Crippen molar-refractivity contribution in [1.29, 1.82) is 0 Å². The van der Waals surface area contributed by atoms with Gasteiger partial charge in [-0.3, -0.25) is 10.1 Å². The van der Waals surface area contributed by atoms with Crippen LogP contribution in [0.1, 0.15) is 11.1 Å². The summed E-state index contributed by atoms with van der Waals surface area (Å²) in [5.74, 6) is 0.927. The zero-order valence-electron chi connectivity index (χ0n) is 12.6. The van der Waals surface area contributed by atoms with Crippen LogP contribution >= 0.6 is 23.2 Å². The van der Waals surface area contributed by atoms with E-state index in [0.29, 0.717) is 46.6 Å². The number of hydrogen-bond donors (Lipinski definition) is 1. The van der Waals surface area contributed by atoms with Gasteiger partial charge in [-0.1, -0.05) is 29.3 Å². The molecule has 8 heteroatoms. The Balaban J connectivity index is 1.63. The van der Waals surface area contributed by atoms with E-state index in [1.54, 1.807) is 18.2 Å². The van der Waals surface area contributed by atoms with Gasteiger partial charge in [0.1, 0.15) is 0 Å². The molecule has 1 aliphatic rings. The van der Waals surface area contributed by atoms with Crippen LogP contribution in [-0.4, -0.2) is 18.3 Å². The van der Waals surface area contributed by atoms with Gasteiger partial charge in [0, 0.05) is 22.2 Å². The molecule has 24 heavy (non-hydrogen) atoms. The summed E-state index contributed by atoms with van der Waals surface area (Å²) in [6.07, 6.45) is 0.689. The molecule has 3 rings (SSSR count). The Labute approximate surface area is 148 Å². The van der Waals surface area contributed by atoms with Gasteiger partial charge in [0.05, 0.1) is 11.0 Å². The minimum atomic E-state index is -0.422. The quantitative estimate of drug-likeness (QED) is 0.474. The molecule has 2 aromatic rings. The Morgan fingerprint density at radius 1 is 1.12 bits per heavy atom. The molecule has 0 fully saturated rings. The lowest BCUT2D eigenvalue weighted by Gasteiger charge is -2.08. The van der Waals surface area contributed by atoms with Crippen LogP contribution in [0.5, 0.6) is 11.5 Å². The monoisotopic (exact) mass is 368 g/mol. The highest BCUT2D eigenvalue weighted by Crippen LogP contribution is 2.37. The number of hydrogen-bond acceptors (Lipinski definition) is 5. The molecule has 6 nitrogen and oxygen atoms in total. The third-order valence-electron chi connectivity index (χ3n) is 3.67. The standard InChI is InChI=1S/C16H14Cl2N2O4/c17-12-2-1-10(13(18)6-12)3-4-19-8-11-5-15-16(24-9-23-15)7-14(11)20(21)22/h1-2,5-7,19H,3-4,8-9H2. The van der Waals surface area contributed by atoms with Gasteiger partial charge in [-0.05, 0) is 36.7 Å². The van der Waals surface area contributed by atoms with Gasteiger partial charge >= 0.3 is 0 Å². The largest absolute Gasteiger partial charge is 0.454 e. The number of rotatable bonds is 6. The molecule has 0 saturated heterocycles. The fraction of sp³-hybridized carbons (Fsp3) is 0.250. The second kappa shape index (κ2) is 7.25. The van der Waals surface area contributed by atoms with Crippen LogP contribution in [0.25, 0.3) is 0 Å². The summed E-state index contributed by atoms with van der Waals surface area (Å²) >= 11 is 12.0. The maximum absolute atomic E-state index is 11.2. The maximum Gasteiger partial charge on any atom is 0.277 e. The van der Waals surface area contributed by atoms with E-state index in [0.717, 1.165) is 5.56 Å². The van der Waals surface area contributed by atoms with E-state index in [1.165, 1.54) is 6.07 Å². The molecule has 0 amide bonds. The second-order valence-electron chi connectivity index (χ2n) is 5.25. The van der Waals surface area contributed by atoms with Crippen LogP contribution in [0.15, 0.2) is 30.3 Å². The highest BCUT2D eigenvalue weighted by atomic mass is 35.5. The van der Waals surface area contributed by atoms with Crippen molar-refractivity contribution in [3.63, 3.8) is 0 Å². The van der Waals surface area contributed by atoms with Crippen molar-refractivity contribution < 1.29 is 14.4 Å². The first kappa shape index (κ1) is 16.8. The van der Waals surface area contributed by atoms with E-state index in [-0.39, 0.29) is 12.5 Å². The summed E-state index contributed by atoms with van der Waals surface area (Å²) in [6, 6.07) is 8.39. The van der Waals surface area contributed by atoms with Gasteiger partial charge in [0.2, 0.25) is 6.79 Å². The van der Waals surface area contributed by atoms with Crippen molar-refractivity contribution in [3.05, 3.63) is 61.6 Å². The summed E-state index contributed by atoms with van der Waals surface area (Å²) < 4.78 is 10.5. The van der Waals surface area contributed by atoms with Crippen LogP contribution in [0.3, 0.4) is 0 Å². The molecule has 1 N–H and O–H groups in total. The van der Waals surface area contributed by atoms with Gasteiger partial charge in [0.25, 0.3) is 5.69 Å². The van der Waals surface area contributed by atoms with Crippen LogP contribution in [0.4, 0.5) is 5.69 Å². The molecule has 0 bridgehead atoms. The Hall–Kier alpha value is -2.02. The molecule has 1 heterocycles. The second-order valence-corrected chi connectivity index (χ2v) is 6.10. The van der Waals surface area contributed by atoms with Gasteiger partial charge in [-0.25, -0.2) is 0 Å². The van der Waals surface area contributed by atoms with Crippen LogP contribution in [0, 0.1) is 10.1 Å². The van der Waals surface area contributed by atoms with Crippen molar-refractivity contribution in [3.8, 4) is 11.5 Å². The van der Waals surface area contributed by atoms with Crippen molar-refractivity contribution in [2.45, 2.75) is 13.0 Å². The van der Waals surface area contributed by atoms with Crippen LogP contribution < -0.4 is 14.8 Å². The third kappa shape index (κ3) is 3.72. The first-order valence-corrected chi connectivity index (χ1v) is 8.02. The predicted molar refractivity (Wildman–Crippen MR) is 91.1 cm³/mol. The van der Waals surface area contributed by atoms with E-state index >= 15 is 0 Å². The van der Waals surface area contributed by atoms with E-state index in [2.05, 4.69) is 5.32 Å². The average Bonchev–Trinajstić information content (AvgIpc) is 2.99. The number of nitro groups is 1. The molecule has 0 saturated carbocycles. The summed E-state index contributed by atoms with van der Waals surface area (Å²) in [4.78, 5) is 10.8. The summed E-state index contributed by atoms with van der Waals surface area (Å²) in [5, 5.41) is 15.6. The zero-order chi connectivity index (χ0) is 17.1. The minimum absolute atomic E-state index is 0.0104. The lowest BCUT2D eigenvalue weighted by Crippen LogP contribution is -2.17. The van der Waals surface area contributed by atoms with Crippen molar-refractivity contribution >= 4 is 28.9 Å². The number of nitrogens with zero attached hydrogens (tertiary/aromatic N) is 1. The third-order valence-corrected chi connectivity index (χ3v) is 4.26. The number of fused-ring (bicyclic) bond motifs is 1. The highest BCUT2D eigenvalue weighted by Gasteiger charge is 2.22. The Morgan fingerprint density at radius 3 is 2.58 bits per heavy atom. The Kier molecular flexibility index (Phi) is 5.08. The number of ether oxygens (including phenoxy) is 2. The maximum atomic E-state index is 11.2. The molecular weight excluding hydrogens is 355 g/mol. The molecule has 0 radical (unpaired) electrons. The SMILES string of the molecule is O=[N+]([O-])c1cc2c(cc1CNCCc1ccc(Cl)cc1Cl)OCO2. The lowest BCUT2D eigenvalue weighted by atomic mass is 10.1. The number of halogens is 2. The molecule has 1 aliphatic heterocycles. The lowest BCUT2D eigenvalue weighted by molar-refractivity contribution is -0.385. The van der Waals surface area contributed by atoms with Crippen LogP contribution in [0.2, 0.25) is 10.0 Å². The number of nitrogens with one attached hydrogen (secondary N) is 1. The first-order chi connectivity index (χ1) is 11.5. The van der Waals surface area contributed by atoms with Gasteiger partial charge in [-0.15, -0.1) is 0 Å². The Bertz CT molecular complexity index is 783. The average molecular weight is 369 g/mol. The van der Waals surface area contributed by atoms with E-state index in [9.17, 15) is 10.1 Å². The van der Waals surface area contributed by atoms with Crippen molar-refractivity contribution in [2.75, 3.05) is 13.3 Å². The molecular formula is C16H14Cl2N2O4. The first-order valence-electron chi connectivity index (χ1n) is 7.26. The van der Waals surface area contributed by atoms with Crippen molar-refractivity contribution in [1.82, 2.24) is 5.32 Å². The molecule has 0 unspecified atom stereocenters. The molecule has 0 aromatic heterocycles. The van der Waals surface area contributed by atoms with Gasteiger partial charge in [0.15, 0.2) is 11.5 Å². The fourth-order valence-electron chi connectivity index (χ4n) is 2.46. The molecule has 0 atom stereocenters. The molecule has 0 aliphatic carbocycles. The fourth-order valence-corrected chi connectivity index (χ4v) is 2.96. The van der Waals surface area contributed by atoms with Gasteiger partial charge < -0.3 is 14.8 Å². The van der Waals surface area contributed by atoms with Gasteiger partial charge in [-0.2, -0.15) is 0 Å². The van der Waals surface area contributed by atoms with E-state index in [4.69, 9.17) is 32.7 Å². The van der Waals surface area contributed by atoms with Crippen molar-refractivity contribution in [2.24, 2.45) is 0 Å². The Morgan fingerprint density at radius 2 is 1.88 bits per heavy atom. The topological polar surface area (TPSA) is 73.6 Å². The van der Waals surface area contributed by atoms with E-state index in [1.807, 2.05) is 6.07 Å². The zero-order valence-corrected chi connectivity index (χ0v) is 14.1. The number of benzene rings is 2. The predicted octanol–water partition coefficient (Wildman–Crippen LogP) is 3.96. The molecule has 2 aromatic carbocycles. The smallest absolute Gasteiger partial charge is 0.277 e. The summed E-state index contributed by atoms with van der Waals surface area (Å²) in [5.41, 5.74) is 1.52. The molecule has 0 spiro atoms. The molecule has 126 valence electrons. The van der Waals surface area contributed by atoms with Crippen LogP contribution in [-0.2, 0) is 13.0 Å². The summed E-state index contributed by atoms with van der Waals surface area (Å²) in [6.45, 7) is 1.05. The number of nitro benzene ring substituents is 1. The highest BCUT2D eigenvalue weighted by molar-refractivity contribution is 6.35. The normalized spacial score (nSPS) is 12.4. The summed E-state index contributed by atoms with van der Waals surface area (Å²) in [7, 11) is 0.